The number of carbonyl (C=O) groups is 2. The molecule has 1 rings (SSSR count). The summed E-state index contributed by atoms with van der Waals surface area (Å²) >= 11 is 0. The molecule has 5 nitrogen and oxygen atoms in total. The summed E-state index contributed by atoms with van der Waals surface area (Å²) in [5, 5.41) is 2.54. The molecule has 0 saturated heterocycles. The average Bonchev–Trinajstić information content (AvgIpc) is 2.48. The van der Waals surface area contributed by atoms with E-state index in [0.717, 1.165) is 12.0 Å². The fourth-order valence-corrected chi connectivity index (χ4v) is 2.07. The third-order valence-corrected chi connectivity index (χ3v) is 3.15. The van der Waals surface area contributed by atoms with Gasteiger partial charge in [-0.05, 0) is 12.0 Å². The summed E-state index contributed by atoms with van der Waals surface area (Å²) in [5.74, 6) is -0.660. The Morgan fingerprint density at radius 2 is 1.95 bits per heavy atom. The largest absolute Gasteiger partial charge is 0.358 e. The fraction of sp³-hybridized carbons (Fsp3) is 0.467. The average molecular weight is 277 g/mol. The lowest BCUT2D eigenvalue weighted by molar-refractivity contribution is -0.137. The minimum Gasteiger partial charge on any atom is -0.358 e. The van der Waals surface area contributed by atoms with Crippen molar-refractivity contribution in [2.45, 2.75) is 19.3 Å². The lowest BCUT2D eigenvalue weighted by Gasteiger charge is -2.26. The molecule has 1 atom stereocenters. The summed E-state index contributed by atoms with van der Waals surface area (Å²) in [5.41, 5.74) is 6.64. The van der Waals surface area contributed by atoms with Gasteiger partial charge in [-0.3, -0.25) is 9.59 Å². The first-order chi connectivity index (χ1) is 9.63. The topological polar surface area (TPSA) is 75.4 Å². The molecular formula is C15H23N3O2. The van der Waals surface area contributed by atoms with E-state index in [1.165, 1.54) is 0 Å². The van der Waals surface area contributed by atoms with Crippen LogP contribution in [-0.4, -0.2) is 43.4 Å². The third-order valence-electron chi connectivity index (χ3n) is 3.15. The summed E-state index contributed by atoms with van der Waals surface area (Å²) in [7, 11) is 1.56. The van der Waals surface area contributed by atoms with Crippen LogP contribution >= 0.6 is 0 Å². The summed E-state index contributed by atoms with van der Waals surface area (Å²) in [6, 6.07) is 9.44. The van der Waals surface area contributed by atoms with Crippen LogP contribution in [0.25, 0.3) is 0 Å². The molecule has 0 spiro atoms. The molecule has 0 aromatic heterocycles. The number of nitrogens with two attached hydrogens (primary N) is 1. The number of benzene rings is 1. The fourth-order valence-electron chi connectivity index (χ4n) is 2.07. The molecule has 1 aromatic carbocycles. The molecule has 0 bridgehead atoms. The van der Waals surface area contributed by atoms with Crippen molar-refractivity contribution in [3.8, 4) is 0 Å². The summed E-state index contributed by atoms with van der Waals surface area (Å²) in [6.07, 6.45) is 0.800. The highest BCUT2D eigenvalue weighted by Crippen LogP contribution is 2.17. The van der Waals surface area contributed by atoms with E-state index in [2.05, 4.69) is 5.32 Å². The molecule has 3 N–H and O–H groups in total. The van der Waals surface area contributed by atoms with Crippen LogP contribution in [0.2, 0.25) is 0 Å². The van der Waals surface area contributed by atoms with Crippen molar-refractivity contribution in [3.63, 3.8) is 0 Å². The molecule has 2 amide bonds. The zero-order valence-corrected chi connectivity index (χ0v) is 12.1. The molecule has 0 saturated carbocycles. The van der Waals surface area contributed by atoms with Crippen molar-refractivity contribution < 1.29 is 9.59 Å². The molecule has 0 aliphatic heterocycles. The minimum atomic E-state index is -0.396. The summed E-state index contributed by atoms with van der Waals surface area (Å²) < 4.78 is 0. The second-order valence-electron chi connectivity index (χ2n) is 4.63. The summed E-state index contributed by atoms with van der Waals surface area (Å²) in [6.45, 7) is 2.84. The number of amides is 2. The van der Waals surface area contributed by atoms with Gasteiger partial charge in [-0.2, -0.15) is 0 Å². The highest BCUT2D eigenvalue weighted by Gasteiger charge is 2.25. The molecule has 20 heavy (non-hydrogen) atoms. The van der Waals surface area contributed by atoms with Crippen molar-refractivity contribution in [3.05, 3.63) is 35.9 Å². The van der Waals surface area contributed by atoms with Crippen molar-refractivity contribution in [2.75, 3.05) is 26.7 Å². The normalized spacial score (nSPS) is 11.8. The van der Waals surface area contributed by atoms with Crippen LogP contribution in [0.15, 0.2) is 30.3 Å². The molecule has 1 aromatic rings. The maximum absolute atomic E-state index is 12.6. The quantitative estimate of drug-likeness (QED) is 0.771. The van der Waals surface area contributed by atoms with Crippen molar-refractivity contribution in [1.29, 1.82) is 0 Å². The molecule has 0 aliphatic rings. The van der Waals surface area contributed by atoms with Gasteiger partial charge in [0.2, 0.25) is 11.8 Å². The molecule has 5 heteroatoms. The number of carbonyl (C=O) groups excluding carboxylic acids is 2. The van der Waals surface area contributed by atoms with Crippen molar-refractivity contribution in [2.24, 2.45) is 5.73 Å². The molecule has 0 radical (unpaired) electrons. The molecule has 110 valence electrons. The molecule has 0 aliphatic carbocycles. The van der Waals surface area contributed by atoms with Crippen LogP contribution < -0.4 is 11.1 Å². The number of nitrogens with one attached hydrogen (secondary N) is 1. The first kappa shape index (κ1) is 16.2. The summed E-state index contributed by atoms with van der Waals surface area (Å²) in [4.78, 5) is 25.7. The number of nitrogens with zero attached hydrogens (tertiary/aromatic N) is 1. The Kier molecular flexibility index (Phi) is 6.73. The van der Waals surface area contributed by atoms with E-state index in [9.17, 15) is 9.59 Å². The van der Waals surface area contributed by atoms with Gasteiger partial charge in [0.1, 0.15) is 0 Å². The maximum atomic E-state index is 12.6. The zero-order valence-electron chi connectivity index (χ0n) is 12.1. The van der Waals surface area contributed by atoms with Gasteiger partial charge in [-0.1, -0.05) is 37.3 Å². The van der Waals surface area contributed by atoms with Gasteiger partial charge >= 0.3 is 0 Å². The van der Waals surface area contributed by atoms with E-state index in [1.807, 2.05) is 37.3 Å². The van der Waals surface area contributed by atoms with E-state index >= 15 is 0 Å². The monoisotopic (exact) mass is 277 g/mol. The second-order valence-corrected chi connectivity index (χ2v) is 4.63. The SMILES string of the molecule is CCCN(CC(=O)NC)C(=O)C(CN)c1ccccc1. The van der Waals surface area contributed by atoms with E-state index in [0.29, 0.717) is 6.54 Å². The number of rotatable bonds is 7. The number of hydrogen-bond acceptors (Lipinski definition) is 3. The Hall–Kier alpha value is -1.88. The predicted octanol–water partition coefficient (Wildman–Crippen LogP) is 0.714. The molecule has 1 unspecified atom stereocenters. The lowest BCUT2D eigenvalue weighted by atomic mass is 9.97. The highest BCUT2D eigenvalue weighted by atomic mass is 16.2. The van der Waals surface area contributed by atoms with E-state index in [4.69, 9.17) is 5.73 Å². The van der Waals surface area contributed by atoms with Gasteiger partial charge in [0.05, 0.1) is 12.5 Å². The number of likely N-dealkylation sites (N-methyl/N-ethyl adjacent to an activating group) is 1. The standard InChI is InChI=1S/C15H23N3O2/c1-3-9-18(11-14(19)17-2)15(20)13(10-16)12-7-5-4-6-8-12/h4-8,13H,3,9-11,16H2,1-2H3,(H,17,19). The Labute approximate surface area is 120 Å². The van der Waals surface area contributed by atoms with Gasteiger partial charge in [0.25, 0.3) is 0 Å². The van der Waals surface area contributed by atoms with E-state index in [-0.39, 0.29) is 24.9 Å². The Morgan fingerprint density at radius 1 is 1.30 bits per heavy atom. The second kappa shape index (κ2) is 8.32. The Balaban J connectivity index is 2.88. The van der Waals surface area contributed by atoms with Gasteiger partial charge in [-0.15, -0.1) is 0 Å². The highest BCUT2D eigenvalue weighted by molar-refractivity contribution is 5.88. The molecular weight excluding hydrogens is 254 g/mol. The van der Waals surface area contributed by atoms with Crippen LogP contribution in [0.5, 0.6) is 0 Å². The first-order valence-corrected chi connectivity index (χ1v) is 6.88. The Morgan fingerprint density at radius 3 is 2.45 bits per heavy atom. The van der Waals surface area contributed by atoms with Gasteiger partial charge < -0.3 is 16.0 Å². The number of hydrogen-bond donors (Lipinski definition) is 2. The zero-order chi connectivity index (χ0) is 15.0. The predicted molar refractivity (Wildman–Crippen MR) is 79.2 cm³/mol. The van der Waals surface area contributed by atoms with Gasteiger partial charge in [0, 0.05) is 20.1 Å². The third kappa shape index (κ3) is 4.35. The molecule has 0 fully saturated rings. The van der Waals surface area contributed by atoms with Crippen LogP contribution in [0.4, 0.5) is 0 Å². The Bertz CT molecular complexity index is 434. The van der Waals surface area contributed by atoms with Crippen LogP contribution in [0.1, 0.15) is 24.8 Å². The smallest absolute Gasteiger partial charge is 0.239 e. The van der Waals surface area contributed by atoms with Crippen molar-refractivity contribution in [1.82, 2.24) is 10.2 Å². The molecule has 0 heterocycles. The van der Waals surface area contributed by atoms with E-state index < -0.39 is 5.92 Å². The minimum absolute atomic E-state index is 0.0759. The van der Waals surface area contributed by atoms with Gasteiger partial charge in [0.15, 0.2) is 0 Å². The van der Waals surface area contributed by atoms with E-state index in [1.54, 1.807) is 11.9 Å². The van der Waals surface area contributed by atoms with Gasteiger partial charge in [-0.25, -0.2) is 0 Å². The first-order valence-electron chi connectivity index (χ1n) is 6.88. The van der Waals surface area contributed by atoms with Crippen LogP contribution in [-0.2, 0) is 9.59 Å². The lowest BCUT2D eigenvalue weighted by Crippen LogP contribution is -2.43. The van der Waals surface area contributed by atoms with Crippen LogP contribution in [0.3, 0.4) is 0 Å². The van der Waals surface area contributed by atoms with Crippen LogP contribution in [0, 0.1) is 0 Å². The van der Waals surface area contributed by atoms with Crippen molar-refractivity contribution >= 4 is 11.8 Å². The maximum Gasteiger partial charge on any atom is 0.239 e.